The van der Waals surface area contributed by atoms with E-state index in [2.05, 4.69) is 15.5 Å². The van der Waals surface area contributed by atoms with Gasteiger partial charge in [-0.3, -0.25) is 9.36 Å². The summed E-state index contributed by atoms with van der Waals surface area (Å²) in [5, 5.41) is 13.2. The second-order valence-electron chi connectivity index (χ2n) is 7.55. The van der Waals surface area contributed by atoms with Crippen LogP contribution < -0.4 is 10.1 Å². The Morgan fingerprint density at radius 3 is 2.47 bits per heavy atom. The molecule has 0 fully saturated rings. The molecule has 1 heterocycles. The second kappa shape index (κ2) is 11.0. The van der Waals surface area contributed by atoms with Gasteiger partial charge in [0.2, 0.25) is 0 Å². The molecule has 0 spiro atoms. The highest BCUT2D eigenvalue weighted by molar-refractivity contribution is 7.98. The Kier molecular flexibility index (Phi) is 7.77. The van der Waals surface area contributed by atoms with E-state index in [0.717, 1.165) is 27.7 Å². The summed E-state index contributed by atoms with van der Waals surface area (Å²) in [7, 11) is 1.65. The van der Waals surface area contributed by atoms with Crippen molar-refractivity contribution in [3.8, 4) is 11.4 Å². The maximum atomic E-state index is 12.7. The molecule has 34 heavy (non-hydrogen) atoms. The van der Waals surface area contributed by atoms with Crippen LogP contribution in [0.15, 0.2) is 71.9 Å². The Bertz CT molecular complexity index is 1290. The number of ether oxygens (including phenoxy) is 1. The number of aryl methyl sites for hydroxylation is 1. The van der Waals surface area contributed by atoms with Gasteiger partial charge in [-0.25, -0.2) is 0 Å². The first-order valence-corrected chi connectivity index (χ1v) is 12.2. The third kappa shape index (κ3) is 5.91. The average molecular weight is 513 g/mol. The average Bonchev–Trinajstić information content (AvgIpc) is 3.24. The summed E-state index contributed by atoms with van der Waals surface area (Å²) in [6.45, 7) is 2.22. The third-order valence-electron chi connectivity index (χ3n) is 5.03. The lowest BCUT2D eigenvalue weighted by Crippen LogP contribution is -2.24. The van der Waals surface area contributed by atoms with Gasteiger partial charge in [-0.15, -0.1) is 10.2 Å². The van der Waals surface area contributed by atoms with Crippen molar-refractivity contribution in [1.29, 1.82) is 0 Å². The van der Waals surface area contributed by atoms with Gasteiger partial charge in [-0.1, -0.05) is 64.8 Å². The molecule has 0 atom stereocenters. The topological polar surface area (TPSA) is 69.0 Å². The van der Waals surface area contributed by atoms with E-state index in [1.54, 1.807) is 37.1 Å². The molecule has 4 rings (SSSR count). The molecule has 4 aromatic rings. The predicted octanol–water partition coefficient (Wildman–Crippen LogP) is 6.11. The monoisotopic (exact) mass is 512 g/mol. The van der Waals surface area contributed by atoms with Crippen molar-refractivity contribution in [2.75, 3.05) is 7.11 Å². The fourth-order valence-corrected chi connectivity index (χ4v) is 4.76. The molecular weight excluding hydrogens is 491 g/mol. The second-order valence-corrected chi connectivity index (χ2v) is 9.37. The number of hydrogen-bond acceptors (Lipinski definition) is 5. The number of carbonyl (C=O) groups is 1. The van der Waals surface area contributed by atoms with Gasteiger partial charge in [0.05, 0.1) is 13.7 Å². The van der Waals surface area contributed by atoms with Gasteiger partial charge in [0, 0.05) is 27.0 Å². The van der Waals surface area contributed by atoms with Crippen LogP contribution in [0.2, 0.25) is 10.0 Å². The summed E-state index contributed by atoms with van der Waals surface area (Å²) < 4.78 is 7.28. The molecule has 0 saturated carbocycles. The number of amides is 1. The van der Waals surface area contributed by atoms with Crippen molar-refractivity contribution < 1.29 is 9.53 Å². The first kappa shape index (κ1) is 24.1. The van der Waals surface area contributed by atoms with Gasteiger partial charge in [0.15, 0.2) is 11.0 Å². The van der Waals surface area contributed by atoms with Crippen LogP contribution in [0.3, 0.4) is 0 Å². The van der Waals surface area contributed by atoms with Crippen molar-refractivity contribution in [3.05, 3.63) is 99.3 Å². The van der Waals surface area contributed by atoms with Crippen LogP contribution in [0, 0.1) is 6.92 Å². The lowest BCUT2D eigenvalue weighted by Gasteiger charge is -2.12. The number of nitrogens with zero attached hydrogens (tertiary/aromatic N) is 3. The van der Waals surface area contributed by atoms with Gasteiger partial charge < -0.3 is 10.1 Å². The van der Waals surface area contributed by atoms with Gasteiger partial charge >= 0.3 is 0 Å². The predicted molar refractivity (Wildman–Crippen MR) is 136 cm³/mol. The maximum absolute atomic E-state index is 12.7. The molecule has 3 aromatic carbocycles. The van der Waals surface area contributed by atoms with Gasteiger partial charge in [0.1, 0.15) is 5.75 Å². The van der Waals surface area contributed by atoms with E-state index in [1.807, 2.05) is 60.0 Å². The zero-order valence-electron chi connectivity index (χ0n) is 18.6. The van der Waals surface area contributed by atoms with Crippen LogP contribution in [0.4, 0.5) is 0 Å². The van der Waals surface area contributed by atoms with Crippen molar-refractivity contribution in [3.63, 3.8) is 0 Å². The van der Waals surface area contributed by atoms with Crippen LogP contribution in [0.5, 0.6) is 5.75 Å². The summed E-state index contributed by atoms with van der Waals surface area (Å²) in [4.78, 5) is 12.7. The van der Waals surface area contributed by atoms with E-state index in [0.29, 0.717) is 27.2 Å². The Morgan fingerprint density at radius 1 is 1.03 bits per heavy atom. The Labute approximate surface area is 212 Å². The van der Waals surface area contributed by atoms with Crippen LogP contribution in [0.1, 0.15) is 27.3 Å². The molecule has 0 radical (unpaired) electrons. The minimum absolute atomic E-state index is 0.184. The quantitative estimate of drug-likeness (QED) is 0.288. The summed E-state index contributed by atoms with van der Waals surface area (Å²) in [6, 6.07) is 20.7. The zero-order valence-corrected chi connectivity index (χ0v) is 20.9. The van der Waals surface area contributed by atoms with Crippen LogP contribution in [0.25, 0.3) is 5.69 Å². The van der Waals surface area contributed by atoms with E-state index in [-0.39, 0.29) is 12.5 Å². The lowest BCUT2D eigenvalue weighted by atomic mass is 10.2. The molecule has 1 amide bonds. The van der Waals surface area contributed by atoms with E-state index < -0.39 is 0 Å². The van der Waals surface area contributed by atoms with Crippen molar-refractivity contribution in [2.45, 2.75) is 24.4 Å². The van der Waals surface area contributed by atoms with E-state index in [1.165, 1.54) is 0 Å². The molecule has 9 heteroatoms. The highest BCUT2D eigenvalue weighted by Gasteiger charge is 2.16. The van der Waals surface area contributed by atoms with E-state index in [9.17, 15) is 4.79 Å². The molecule has 0 saturated heterocycles. The summed E-state index contributed by atoms with van der Waals surface area (Å²) >= 11 is 13.6. The third-order valence-corrected chi connectivity index (χ3v) is 6.46. The minimum atomic E-state index is -0.298. The first-order valence-electron chi connectivity index (χ1n) is 10.4. The normalized spacial score (nSPS) is 10.8. The summed E-state index contributed by atoms with van der Waals surface area (Å²) in [5.41, 5.74) is 3.55. The van der Waals surface area contributed by atoms with Gasteiger partial charge in [-0.2, -0.15) is 0 Å². The number of hydrogen-bond donors (Lipinski definition) is 1. The molecule has 1 N–H and O–H groups in total. The standard InChI is InChI=1S/C25H22Cl2N4O2S/c1-16-6-8-21(9-7-16)31-23(14-28-24(32)18-11-19(26)13-20(27)12-18)29-30-25(31)34-15-17-4-3-5-22(10-17)33-2/h3-13H,14-15H2,1-2H3,(H,28,32). The van der Waals surface area contributed by atoms with Crippen molar-refractivity contribution in [1.82, 2.24) is 20.1 Å². The lowest BCUT2D eigenvalue weighted by molar-refractivity contribution is 0.0949. The van der Waals surface area contributed by atoms with Gasteiger partial charge in [0.25, 0.3) is 5.91 Å². The van der Waals surface area contributed by atoms with Gasteiger partial charge in [-0.05, 0) is 55.0 Å². The molecule has 1 aromatic heterocycles. The zero-order chi connectivity index (χ0) is 24.1. The number of aromatic nitrogens is 3. The molecule has 0 aliphatic heterocycles. The van der Waals surface area contributed by atoms with E-state index in [4.69, 9.17) is 27.9 Å². The first-order chi connectivity index (χ1) is 16.4. The fourth-order valence-electron chi connectivity index (χ4n) is 3.32. The summed E-state index contributed by atoms with van der Waals surface area (Å²) in [5.74, 6) is 1.81. The summed E-state index contributed by atoms with van der Waals surface area (Å²) in [6.07, 6.45) is 0. The highest BCUT2D eigenvalue weighted by Crippen LogP contribution is 2.27. The molecule has 6 nitrogen and oxygen atoms in total. The number of carbonyl (C=O) groups excluding carboxylic acids is 1. The Morgan fingerprint density at radius 2 is 1.76 bits per heavy atom. The maximum Gasteiger partial charge on any atom is 0.251 e. The molecule has 0 aliphatic rings. The number of methoxy groups -OCH3 is 1. The van der Waals surface area contributed by atoms with Crippen molar-refractivity contribution >= 4 is 40.9 Å². The SMILES string of the molecule is COc1cccc(CSc2nnc(CNC(=O)c3cc(Cl)cc(Cl)c3)n2-c2ccc(C)cc2)c1. The van der Waals surface area contributed by atoms with Crippen LogP contribution >= 0.6 is 35.0 Å². The largest absolute Gasteiger partial charge is 0.497 e. The number of benzene rings is 3. The number of thioether (sulfide) groups is 1. The molecule has 174 valence electrons. The molecule has 0 aliphatic carbocycles. The number of halogens is 2. The highest BCUT2D eigenvalue weighted by atomic mass is 35.5. The number of rotatable bonds is 8. The molecular formula is C25H22Cl2N4O2S. The Balaban J connectivity index is 1.57. The minimum Gasteiger partial charge on any atom is -0.497 e. The van der Waals surface area contributed by atoms with Crippen LogP contribution in [-0.2, 0) is 12.3 Å². The fraction of sp³-hybridized carbons (Fsp3) is 0.160. The molecule has 0 unspecified atom stereocenters. The van der Waals surface area contributed by atoms with E-state index >= 15 is 0 Å². The number of nitrogens with one attached hydrogen (secondary N) is 1. The molecule has 0 bridgehead atoms. The van der Waals surface area contributed by atoms with Crippen LogP contribution in [-0.4, -0.2) is 27.8 Å². The smallest absolute Gasteiger partial charge is 0.251 e. The van der Waals surface area contributed by atoms with Crippen molar-refractivity contribution in [2.24, 2.45) is 0 Å². The Hall–Kier alpha value is -3.00.